The minimum atomic E-state index is -0.868. The number of hydrogen-bond donors (Lipinski definition) is 2. The maximum atomic E-state index is 14.1. The van der Waals surface area contributed by atoms with Crippen LogP contribution in [-0.2, 0) is 6.54 Å². The molecule has 0 amide bonds. The van der Waals surface area contributed by atoms with Gasteiger partial charge < -0.3 is 14.6 Å². The normalized spacial score (nSPS) is 11.2. The second-order valence-electron chi connectivity index (χ2n) is 7.40. The lowest BCUT2D eigenvalue weighted by molar-refractivity contribution is 0.410. The van der Waals surface area contributed by atoms with Gasteiger partial charge in [0.25, 0.3) is 0 Å². The number of anilines is 1. The minimum absolute atomic E-state index is 0.142. The third kappa shape index (κ3) is 4.27. The zero-order valence-electron chi connectivity index (χ0n) is 17.9. The molecule has 11 heteroatoms. The standard InChI is InChI=1S/C23H18ClF2N7O/c1-13-27-8-10-33(13)11-9-28-21-19-20(15-4-2-3-5-16(15)24)31-32-22(19)30-23(29-21)34-18-7-6-14(25)12-17(18)26/h2-8,10,12H,9,11H2,1H3,(H2,28,29,30,31,32). The summed E-state index contributed by atoms with van der Waals surface area (Å²) >= 11 is 6.41. The molecule has 0 saturated heterocycles. The SMILES string of the molecule is Cc1nccn1CCNc1nc(Oc2ccc(F)cc2F)nc2n[nH]c(-c3ccccc3Cl)c12. The van der Waals surface area contributed by atoms with Crippen LogP contribution in [0.25, 0.3) is 22.3 Å². The van der Waals surface area contributed by atoms with Crippen molar-refractivity contribution >= 4 is 28.5 Å². The highest BCUT2D eigenvalue weighted by molar-refractivity contribution is 6.33. The van der Waals surface area contributed by atoms with Gasteiger partial charge in [-0.1, -0.05) is 29.8 Å². The van der Waals surface area contributed by atoms with Crippen LogP contribution in [0.1, 0.15) is 5.82 Å². The van der Waals surface area contributed by atoms with Crippen molar-refractivity contribution in [1.82, 2.24) is 29.7 Å². The van der Waals surface area contributed by atoms with Crippen LogP contribution in [0.4, 0.5) is 14.6 Å². The Hall–Kier alpha value is -4.05. The molecular formula is C23H18ClF2N7O. The lowest BCUT2D eigenvalue weighted by Gasteiger charge is -2.12. The molecule has 0 aliphatic heterocycles. The van der Waals surface area contributed by atoms with Crippen molar-refractivity contribution < 1.29 is 13.5 Å². The van der Waals surface area contributed by atoms with Crippen molar-refractivity contribution in [2.75, 3.05) is 11.9 Å². The molecule has 2 aromatic carbocycles. The van der Waals surface area contributed by atoms with Crippen LogP contribution < -0.4 is 10.1 Å². The smallest absolute Gasteiger partial charge is 0.326 e. The summed E-state index contributed by atoms with van der Waals surface area (Å²) in [6, 6.07) is 10.2. The van der Waals surface area contributed by atoms with Gasteiger partial charge in [0.1, 0.15) is 17.5 Å². The fourth-order valence-electron chi connectivity index (χ4n) is 3.53. The lowest BCUT2D eigenvalue weighted by atomic mass is 10.1. The molecule has 0 aliphatic carbocycles. The Kier molecular flexibility index (Phi) is 5.81. The maximum absolute atomic E-state index is 14.1. The second kappa shape index (κ2) is 9.06. The number of nitrogens with one attached hydrogen (secondary N) is 2. The fourth-order valence-corrected chi connectivity index (χ4v) is 3.76. The largest absolute Gasteiger partial charge is 0.421 e. The number of benzene rings is 2. The van der Waals surface area contributed by atoms with Gasteiger partial charge in [0.05, 0.1) is 11.1 Å². The van der Waals surface area contributed by atoms with Crippen molar-refractivity contribution in [2.45, 2.75) is 13.5 Å². The number of imidazole rings is 1. The van der Waals surface area contributed by atoms with Gasteiger partial charge in [-0.25, -0.2) is 13.8 Å². The van der Waals surface area contributed by atoms with E-state index in [0.29, 0.717) is 40.7 Å². The van der Waals surface area contributed by atoms with E-state index in [1.54, 1.807) is 12.3 Å². The molecule has 172 valence electrons. The minimum Gasteiger partial charge on any atom is -0.421 e. The Morgan fingerprint density at radius 2 is 2.00 bits per heavy atom. The number of halogens is 3. The summed E-state index contributed by atoms with van der Waals surface area (Å²) in [6.45, 7) is 3.04. The Morgan fingerprint density at radius 1 is 1.15 bits per heavy atom. The van der Waals surface area contributed by atoms with Crippen LogP contribution in [0.2, 0.25) is 5.02 Å². The maximum Gasteiger partial charge on any atom is 0.326 e. The molecule has 34 heavy (non-hydrogen) atoms. The van der Waals surface area contributed by atoms with Crippen molar-refractivity contribution in [3.63, 3.8) is 0 Å². The third-order valence-corrected chi connectivity index (χ3v) is 5.53. The van der Waals surface area contributed by atoms with Crippen LogP contribution in [0.15, 0.2) is 54.9 Å². The van der Waals surface area contributed by atoms with E-state index in [0.717, 1.165) is 23.5 Å². The van der Waals surface area contributed by atoms with E-state index >= 15 is 0 Å². The topological polar surface area (TPSA) is 93.5 Å². The summed E-state index contributed by atoms with van der Waals surface area (Å²) in [5, 5.41) is 11.7. The molecule has 3 heterocycles. The summed E-state index contributed by atoms with van der Waals surface area (Å²) in [6.07, 6.45) is 3.61. The molecule has 3 aromatic heterocycles. The number of H-pyrrole nitrogens is 1. The molecular weight excluding hydrogens is 464 g/mol. The van der Waals surface area contributed by atoms with E-state index in [1.165, 1.54) is 6.07 Å². The molecule has 0 radical (unpaired) electrons. The molecule has 0 aliphatic rings. The molecule has 0 bridgehead atoms. The summed E-state index contributed by atoms with van der Waals surface area (Å²) < 4.78 is 34.9. The van der Waals surface area contributed by atoms with Crippen LogP contribution in [0.5, 0.6) is 11.8 Å². The highest BCUT2D eigenvalue weighted by Crippen LogP contribution is 2.35. The van der Waals surface area contributed by atoms with Crippen LogP contribution >= 0.6 is 11.6 Å². The summed E-state index contributed by atoms with van der Waals surface area (Å²) in [7, 11) is 0. The Bertz CT molecular complexity index is 1480. The number of aryl methyl sites for hydroxylation is 1. The number of nitrogens with zero attached hydrogens (tertiary/aromatic N) is 5. The number of rotatable bonds is 7. The van der Waals surface area contributed by atoms with Gasteiger partial charge in [0.15, 0.2) is 17.2 Å². The van der Waals surface area contributed by atoms with Crippen molar-refractivity contribution in [1.29, 1.82) is 0 Å². The van der Waals surface area contributed by atoms with E-state index in [1.807, 2.05) is 35.9 Å². The predicted octanol–water partition coefficient (Wildman–Crippen LogP) is 5.36. The summed E-state index contributed by atoms with van der Waals surface area (Å²) in [5.74, 6) is -0.486. The first-order chi connectivity index (χ1) is 16.5. The summed E-state index contributed by atoms with van der Waals surface area (Å²) in [4.78, 5) is 13.0. The Balaban J connectivity index is 1.54. The monoisotopic (exact) mass is 481 g/mol. The van der Waals surface area contributed by atoms with Gasteiger partial charge in [-0.15, -0.1) is 0 Å². The first-order valence-electron chi connectivity index (χ1n) is 10.3. The van der Waals surface area contributed by atoms with Crippen molar-refractivity contribution in [3.05, 3.63) is 77.3 Å². The molecule has 8 nitrogen and oxygen atoms in total. The van der Waals surface area contributed by atoms with Gasteiger partial charge >= 0.3 is 6.01 Å². The second-order valence-corrected chi connectivity index (χ2v) is 7.81. The lowest BCUT2D eigenvalue weighted by Crippen LogP contribution is -2.12. The highest BCUT2D eigenvalue weighted by Gasteiger charge is 2.19. The van der Waals surface area contributed by atoms with Crippen molar-refractivity contribution in [3.8, 4) is 23.0 Å². The van der Waals surface area contributed by atoms with Gasteiger partial charge in [0.2, 0.25) is 0 Å². The van der Waals surface area contributed by atoms with Crippen LogP contribution in [0, 0.1) is 18.6 Å². The Labute approximate surface area is 197 Å². The number of hydrogen-bond acceptors (Lipinski definition) is 6. The van der Waals surface area contributed by atoms with Gasteiger partial charge in [-0.3, -0.25) is 5.10 Å². The third-order valence-electron chi connectivity index (χ3n) is 5.20. The van der Waals surface area contributed by atoms with Gasteiger partial charge in [-0.2, -0.15) is 15.1 Å². The molecule has 0 fully saturated rings. The first kappa shape index (κ1) is 21.8. The molecule has 0 atom stereocenters. The number of aromatic amines is 1. The van der Waals surface area contributed by atoms with Crippen LogP contribution in [0.3, 0.4) is 0 Å². The molecule has 5 aromatic rings. The average Bonchev–Trinajstić information content (AvgIpc) is 3.42. The van der Waals surface area contributed by atoms with Crippen LogP contribution in [-0.4, -0.2) is 36.3 Å². The zero-order chi connectivity index (χ0) is 23.7. The average molecular weight is 482 g/mol. The van der Waals surface area contributed by atoms with E-state index in [-0.39, 0.29) is 11.8 Å². The molecule has 0 spiro atoms. The first-order valence-corrected chi connectivity index (χ1v) is 10.7. The molecule has 5 rings (SSSR count). The van der Waals surface area contributed by atoms with E-state index in [2.05, 4.69) is 30.5 Å². The molecule has 2 N–H and O–H groups in total. The quantitative estimate of drug-likeness (QED) is 0.325. The fraction of sp³-hybridized carbons (Fsp3) is 0.130. The zero-order valence-corrected chi connectivity index (χ0v) is 18.6. The van der Waals surface area contributed by atoms with E-state index in [9.17, 15) is 8.78 Å². The van der Waals surface area contributed by atoms with Gasteiger partial charge in [0, 0.05) is 42.1 Å². The van der Waals surface area contributed by atoms with E-state index < -0.39 is 11.6 Å². The van der Waals surface area contributed by atoms with Gasteiger partial charge in [-0.05, 0) is 25.1 Å². The number of ether oxygens (including phenoxy) is 1. The summed E-state index contributed by atoms with van der Waals surface area (Å²) in [5.41, 5.74) is 1.65. The van der Waals surface area contributed by atoms with Crippen molar-refractivity contribution in [2.24, 2.45) is 0 Å². The molecule has 0 unspecified atom stereocenters. The number of fused-ring (bicyclic) bond motifs is 1. The predicted molar refractivity (Wildman–Crippen MR) is 124 cm³/mol. The Morgan fingerprint density at radius 3 is 2.76 bits per heavy atom. The molecule has 0 saturated carbocycles. The highest BCUT2D eigenvalue weighted by atomic mass is 35.5. The van der Waals surface area contributed by atoms with E-state index in [4.69, 9.17) is 16.3 Å². The number of aromatic nitrogens is 6.